The zero-order chi connectivity index (χ0) is 12.5. The molecular weight excluding hydrogens is 228 g/mol. The minimum absolute atomic E-state index is 0.0598. The van der Waals surface area contributed by atoms with E-state index in [0.29, 0.717) is 5.39 Å². The Bertz CT molecular complexity index is 717. The van der Waals surface area contributed by atoms with Crippen molar-refractivity contribution in [2.45, 2.75) is 0 Å². The molecule has 0 saturated heterocycles. The van der Waals surface area contributed by atoms with Gasteiger partial charge in [0.05, 0.1) is 5.52 Å². The lowest BCUT2D eigenvalue weighted by atomic mass is 10.0. The molecule has 1 heterocycles. The van der Waals surface area contributed by atoms with Crippen molar-refractivity contribution >= 4 is 16.9 Å². The second kappa shape index (κ2) is 4.00. The number of hydrogen-bond donors (Lipinski definition) is 2. The van der Waals surface area contributed by atoms with Gasteiger partial charge in [0.15, 0.2) is 5.69 Å². The third-order valence-corrected chi connectivity index (χ3v) is 2.87. The minimum atomic E-state index is -1.02. The monoisotopic (exact) mass is 238 g/mol. The van der Waals surface area contributed by atoms with E-state index < -0.39 is 5.97 Å². The van der Waals surface area contributed by atoms with Gasteiger partial charge in [0.2, 0.25) is 0 Å². The van der Waals surface area contributed by atoms with Crippen molar-refractivity contribution in [2.75, 3.05) is 0 Å². The molecule has 0 bridgehead atoms. The SMILES string of the molecule is O=C(O)c1n[nH]c2cc(-c3ccccc3)ccc12. The lowest BCUT2D eigenvalue weighted by Crippen LogP contribution is -1.96. The number of hydrogen-bond acceptors (Lipinski definition) is 2. The average Bonchev–Trinajstić information content (AvgIpc) is 2.82. The zero-order valence-electron chi connectivity index (χ0n) is 9.42. The van der Waals surface area contributed by atoms with Gasteiger partial charge < -0.3 is 5.11 Å². The Balaban J connectivity index is 2.16. The van der Waals surface area contributed by atoms with E-state index in [1.807, 2.05) is 42.5 Å². The van der Waals surface area contributed by atoms with Gasteiger partial charge in [-0.2, -0.15) is 5.10 Å². The lowest BCUT2D eigenvalue weighted by molar-refractivity contribution is 0.0692. The largest absolute Gasteiger partial charge is 0.476 e. The van der Waals surface area contributed by atoms with Crippen LogP contribution in [0.1, 0.15) is 10.5 Å². The van der Waals surface area contributed by atoms with Crippen LogP contribution < -0.4 is 0 Å². The minimum Gasteiger partial charge on any atom is -0.476 e. The number of aromatic nitrogens is 2. The molecule has 0 aliphatic heterocycles. The number of carboxylic acid groups (broad SMARTS) is 1. The van der Waals surface area contributed by atoms with Gasteiger partial charge in [-0.25, -0.2) is 4.79 Å². The van der Waals surface area contributed by atoms with Crippen molar-refractivity contribution in [2.24, 2.45) is 0 Å². The molecule has 0 fully saturated rings. The molecule has 2 aromatic carbocycles. The highest BCUT2D eigenvalue weighted by Crippen LogP contribution is 2.24. The maximum atomic E-state index is 10.9. The van der Waals surface area contributed by atoms with Crippen LogP contribution in [-0.4, -0.2) is 21.3 Å². The molecule has 18 heavy (non-hydrogen) atoms. The number of aromatic carboxylic acids is 1. The number of nitrogens with zero attached hydrogens (tertiary/aromatic N) is 1. The van der Waals surface area contributed by atoms with Crippen LogP contribution in [0.15, 0.2) is 48.5 Å². The van der Waals surface area contributed by atoms with Crippen LogP contribution in [0.4, 0.5) is 0 Å². The molecule has 3 rings (SSSR count). The summed E-state index contributed by atoms with van der Waals surface area (Å²) in [6.07, 6.45) is 0. The fourth-order valence-electron chi connectivity index (χ4n) is 1.99. The first-order valence-electron chi connectivity index (χ1n) is 5.52. The van der Waals surface area contributed by atoms with E-state index in [1.165, 1.54) is 0 Å². The van der Waals surface area contributed by atoms with Crippen molar-refractivity contribution < 1.29 is 9.90 Å². The van der Waals surface area contributed by atoms with Crippen molar-refractivity contribution in [3.05, 3.63) is 54.2 Å². The van der Waals surface area contributed by atoms with Crippen LogP contribution in [0.3, 0.4) is 0 Å². The van der Waals surface area contributed by atoms with Gasteiger partial charge in [-0.1, -0.05) is 36.4 Å². The van der Waals surface area contributed by atoms with E-state index in [-0.39, 0.29) is 5.69 Å². The van der Waals surface area contributed by atoms with Crippen molar-refractivity contribution in [3.8, 4) is 11.1 Å². The zero-order valence-corrected chi connectivity index (χ0v) is 9.42. The number of carboxylic acids is 1. The quantitative estimate of drug-likeness (QED) is 0.721. The number of rotatable bonds is 2. The van der Waals surface area contributed by atoms with Gasteiger partial charge in [0, 0.05) is 5.39 Å². The summed E-state index contributed by atoms with van der Waals surface area (Å²) < 4.78 is 0. The summed E-state index contributed by atoms with van der Waals surface area (Å²) in [6, 6.07) is 15.5. The molecule has 3 aromatic rings. The first-order chi connectivity index (χ1) is 8.75. The van der Waals surface area contributed by atoms with E-state index >= 15 is 0 Å². The second-order valence-electron chi connectivity index (χ2n) is 4.00. The molecule has 0 atom stereocenters. The van der Waals surface area contributed by atoms with E-state index in [9.17, 15) is 4.79 Å². The van der Waals surface area contributed by atoms with Gasteiger partial charge in [0.1, 0.15) is 0 Å². The second-order valence-corrected chi connectivity index (χ2v) is 4.00. The molecule has 4 heteroatoms. The van der Waals surface area contributed by atoms with Crippen LogP contribution in [0.5, 0.6) is 0 Å². The molecule has 0 spiro atoms. The lowest BCUT2D eigenvalue weighted by Gasteiger charge is -2.01. The molecular formula is C14H10N2O2. The van der Waals surface area contributed by atoms with E-state index in [2.05, 4.69) is 10.2 Å². The standard InChI is InChI=1S/C14H10N2O2/c17-14(18)13-11-7-6-10(8-12(11)15-16-13)9-4-2-1-3-5-9/h1-8H,(H,15,16)(H,17,18). The highest BCUT2D eigenvalue weighted by molar-refractivity contribution is 6.01. The van der Waals surface area contributed by atoms with E-state index in [4.69, 9.17) is 5.11 Å². The molecule has 0 aliphatic carbocycles. The molecule has 0 radical (unpaired) electrons. The van der Waals surface area contributed by atoms with Gasteiger partial charge in [0.25, 0.3) is 0 Å². The van der Waals surface area contributed by atoms with E-state index in [0.717, 1.165) is 16.6 Å². The Labute approximate surface area is 103 Å². The molecule has 1 aromatic heterocycles. The molecule has 4 nitrogen and oxygen atoms in total. The van der Waals surface area contributed by atoms with Crippen LogP contribution >= 0.6 is 0 Å². The molecule has 0 unspecified atom stereocenters. The van der Waals surface area contributed by atoms with Crippen molar-refractivity contribution in [1.82, 2.24) is 10.2 Å². The topological polar surface area (TPSA) is 66.0 Å². The Kier molecular flexibility index (Phi) is 2.34. The number of carbonyl (C=O) groups is 1. The fourth-order valence-corrected chi connectivity index (χ4v) is 1.99. The first kappa shape index (κ1) is 10.5. The van der Waals surface area contributed by atoms with Crippen LogP contribution in [0, 0.1) is 0 Å². The molecule has 0 amide bonds. The number of benzene rings is 2. The van der Waals surface area contributed by atoms with Crippen LogP contribution in [0.25, 0.3) is 22.0 Å². The third kappa shape index (κ3) is 1.64. The highest BCUT2D eigenvalue weighted by Gasteiger charge is 2.12. The first-order valence-corrected chi connectivity index (χ1v) is 5.52. The Morgan fingerprint density at radius 1 is 1.06 bits per heavy atom. The summed E-state index contributed by atoms with van der Waals surface area (Å²) in [5.74, 6) is -1.02. The Morgan fingerprint density at radius 2 is 1.83 bits per heavy atom. The number of aromatic amines is 1. The van der Waals surface area contributed by atoms with Gasteiger partial charge in [-0.05, 0) is 23.3 Å². The predicted molar refractivity (Wildman–Crippen MR) is 68.5 cm³/mol. The maximum Gasteiger partial charge on any atom is 0.357 e. The van der Waals surface area contributed by atoms with Crippen LogP contribution in [0.2, 0.25) is 0 Å². The Morgan fingerprint density at radius 3 is 2.56 bits per heavy atom. The summed E-state index contributed by atoms with van der Waals surface area (Å²) >= 11 is 0. The summed E-state index contributed by atoms with van der Waals surface area (Å²) in [7, 11) is 0. The number of nitrogens with one attached hydrogen (secondary N) is 1. The van der Waals surface area contributed by atoms with Crippen LogP contribution in [-0.2, 0) is 0 Å². The average molecular weight is 238 g/mol. The number of H-pyrrole nitrogens is 1. The van der Waals surface area contributed by atoms with E-state index in [1.54, 1.807) is 6.07 Å². The molecule has 88 valence electrons. The number of fused-ring (bicyclic) bond motifs is 1. The van der Waals surface area contributed by atoms with Gasteiger partial charge in [-0.15, -0.1) is 0 Å². The fraction of sp³-hybridized carbons (Fsp3) is 0. The molecule has 0 saturated carbocycles. The Hall–Kier alpha value is -2.62. The normalized spacial score (nSPS) is 10.7. The molecule has 2 N–H and O–H groups in total. The summed E-state index contributed by atoms with van der Waals surface area (Å²) in [5, 5.41) is 16.2. The smallest absolute Gasteiger partial charge is 0.357 e. The summed E-state index contributed by atoms with van der Waals surface area (Å²) in [4.78, 5) is 10.9. The summed E-state index contributed by atoms with van der Waals surface area (Å²) in [6.45, 7) is 0. The van der Waals surface area contributed by atoms with Gasteiger partial charge in [-0.3, -0.25) is 5.10 Å². The van der Waals surface area contributed by atoms with Crippen molar-refractivity contribution in [3.63, 3.8) is 0 Å². The molecule has 0 aliphatic rings. The third-order valence-electron chi connectivity index (χ3n) is 2.87. The maximum absolute atomic E-state index is 10.9. The predicted octanol–water partition coefficient (Wildman–Crippen LogP) is 2.93. The van der Waals surface area contributed by atoms with Gasteiger partial charge >= 0.3 is 5.97 Å². The summed E-state index contributed by atoms with van der Waals surface area (Å²) in [5.41, 5.74) is 2.91. The van der Waals surface area contributed by atoms with Crippen molar-refractivity contribution in [1.29, 1.82) is 0 Å². The highest BCUT2D eigenvalue weighted by atomic mass is 16.4.